The second kappa shape index (κ2) is 8.27. The van der Waals surface area contributed by atoms with Crippen molar-refractivity contribution >= 4 is 23.3 Å². The molecule has 1 aromatic heterocycles. The van der Waals surface area contributed by atoms with Crippen LogP contribution >= 0.6 is 0 Å². The van der Waals surface area contributed by atoms with Crippen LogP contribution in [0.4, 0.5) is 11.5 Å². The summed E-state index contributed by atoms with van der Waals surface area (Å²) in [6.07, 6.45) is 1.60. The summed E-state index contributed by atoms with van der Waals surface area (Å²) in [5.74, 6) is 0.259. The minimum absolute atomic E-state index is 0.261. The topological polar surface area (TPSA) is 71.1 Å². The van der Waals surface area contributed by atoms with Gasteiger partial charge in [0.05, 0.1) is 11.3 Å². The van der Waals surface area contributed by atoms with Crippen molar-refractivity contribution in [2.75, 3.05) is 10.6 Å². The lowest BCUT2D eigenvalue weighted by atomic mass is 10.0. The van der Waals surface area contributed by atoms with E-state index in [2.05, 4.69) is 29.5 Å². The predicted octanol–water partition coefficient (Wildman–Crippen LogP) is 4.71. The first-order chi connectivity index (χ1) is 13.0. The molecule has 0 bridgehead atoms. The number of pyridine rings is 1. The zero-order valence-corrected chi connectivity index (χ0v) is 15.3. The molecule has 0 saturated heterocycles. The molecule has 2 N–H and O–H groups in total. The Morgan fingerprint density at radius 2 is 1.52 bits per heavy atom. The van der Waals surface area contributed by atoms with Crippen LogP contribution in [0.15, 0.2) is 72.9 Å². The number of hydrogen-bond acceptors (Lipinski definition) is 3. The first-order valence-corrected chi connectivity index (χ1v) is 8.77. The van der Waals surface area contributed by atoms with E-state index in [-0.39, 0.29) is 11.8 Å². The number of carbonyl (C=O) groups is 2. The number of carbonyl (C=O) groups excluding carboxylic acids is 2. The molecule has 0 aliphatic heterocycles. The van der Waals surface area contributed by atoms with E-state index >= 15 is 0 Å². The summed E-state index contributed by atoms with van der Waals surface area (Å²) in [6.45, 7) is 4.21. The molecule has 2 amide bonds. The Bertz CT molecular complexity index is 935. The van der Waals surface area contributed by atoms with Crippen molar-refractivity contribution in [1.82, 2.24) is 4.98 Å². The molecule has 5 nitrogen and oxygen atoms in total. The molecule has 27 heavy (non-hydrogen) atoms. The quantitative estimate of drug-likeness (QED) is 0.693. The van der Waals surface area contributed by atoms with Crippen LogP contribution in [0.3, 0.4) is 0 Å². The molecule has 1 heterocycles. The van der Waals surface area contributed by atoms with Gasteiger partial charge in [-0.2, -0.15) is 0 Å². The van der Waals surface area contributed by atoms with Crippen molar-refractivity contribution in [2.24, 2.45) is 0 Å². The monoisotopic (exact) mass is 359 g/mol. The van der Waals surface area contributed by atoms with Gasteiger partial charge in [0.25, 0.3) is 11.8 Å². The van der Waals surface area contributed by atoms with Gasteiger partial charge in [0, 0.05) is 11.8 Å². The van der Waals surface area contributed by atoms with Crippen molar-refractivity contribution in [1.29, 1.82) is 0 Å². The fourth-order valence-electron chi connectivity index (χ4n) is 2.62. The minimum Gasteiger partial charge on any atom is -0.321 e. The van der Waals surface area contributed by atoms with Gasteiger partial charge >= 0.3 is 0 Å². The van der Waals surface area contributed by atoms with Crippen LogP contribution in [0.5, 0.6) is 0 Å². The Hall–Kier alpha value is -3.47. The SMILES string of the molecule is CC(C)c1ccc(C(=O)Nc2ccccc2C(=O)Nc2ccccn2)cc1. The number of benzene rings is 2. The summed E-state index contributed by atoms with van der Waals surface area (Å²) < 4.78 is 0. The predicted molar refractivity (Wildman–Crippen MR) is 107 cm³/mol. The maximum atomic E-state index is 12.6. The second-order valence-corrected chi connectivity index (χ2v) is 6.45. The molecule has 0 fully saturated rings. The molecule has 2 aromatic carbocycles. The number of aromatic nitrogens is 1. The normalized spacial score (nSPS) is 10.5. The highest BCUT2D eigenvalue weighted by atomic mass is 16.2. The maximum Gasteiger partial charge on any atom is 0.258 e. The zero-order chi connectivity index (χ0) is 19.2. The summed E-state index contributed by atoms with van der Waals surface area (Å²) in [4.78, 5) is 29.2. The molecule has 0 unspecified atom stereocenters. The number of rotatable bonds is 5. The largest absolute Gasteiger partial charge is 0.321 e. The summed E-state index contributed by atoms with van der Waals surface area (Å²) in [5.41, 5.74) is 2.53. The molecular formula is C22H21N3O2. The molecule has 0 aliphatic rings. The van der Waals surface area contributed by atoms with Gasteiger partial charge in [0.2, 0.25) is 0 Å². The van der Waals surface area contributed by atoms with Crippen LogP contribution in [-0.2, 0) is 0 Å². The molecule has 0 atom stereocenters. The van der Waals surface area contributed by atoms with Gasteiger partial charge < -0.3 is 10.6 Å². The third kappa shape index (κ3) is 4.58. The van der Waals surface area contributed by atoms with Crippen LogP contribution in [0, 0.1) is 0 Å². The van der Waals surface area contributed by atoms with Gasteiger partial charge in [-0.05, 0) is 47.9 Å². The van der Waals surface area contributed by atoms with Gasteiger partial charge in [-0.15, -0.1) is 0 Å². The average molecular weight is 359 g/mol. The Morgan fingerprint density at radius 1 is 0.815 bits per heavy atom. The summed E-state index contributed by atoms with van der Waals surface area (Å²) in [7, 11) is 0. The molecule has 0 aliphatic carbocycles. The number of amides is 2. The number of hydrogen-bond donors (Lipinski definition) is 2. The van der Waals surface area contributed by atoms with E-state index in [4.69, 9.17) is 0 Å². The highest BCUT2D eigenvalue weighted by Gasteiger charge is 2.14. The smallest absolute Gasteiger partial charge is 0.258 e. The fourth-order valence-corrected chi connectivity index (χ4v) is 2.62. The van der Waals surface area contributed by atoms with E-state index in [0.717, 1.165) is 0 Å². The Balaban J connectivity index is 1.77. The second-order valence-electron chi connectivity index (χ2n) is 6.45. The van der Waals surface area contributed by atoms with Crippen molar-refractivity contribution < 1.29 is 9.59 Å². The van der Waals surface area contributed by atoms with Gasteiger partial charge in [0.15, 0.2) is 0 Å². The third-order valence-corrected chi connectivity index (χ3v) is 4.17. The average Bonchev–Trinajstić information content (AvgIpc) is 2.69. The van der Waals surface area contributed by atoms with Crippen molar-refractivity contribution in [3.63, 3.8) is 0 Å². The zero-order valence-electron chi connectivity index (χ0n) is 15.3. The molecular weight excluding hydrogens is 338 g/mol. The molecule has 3 aromatic rings. The van der Waals surface area contributed by atoms with Crippen LogP contribution in [0.2, 0.25) is 0 Å². The molecule has 3 rings (SSSR count). The van der Waals surface area contributed by atoms with Crippen molar-refractivity contribution in [3.05, 3.63) is 89.6 Å². The van der Waals surface area contributed by atoms with E-state index in [1.165, 1.54) is 5.56 Å². The molecule has 136 valence electrons. The minimum atomic E-state index is -0.334. The lowest BCUT2D eigenvalue weighted by Crippen LogP contribution is -2.18. The summed E-state index contributed by atoms with van der Waals surface area (Å²) >= 11 is 0. The lowest BCUT2D eigenvalue weighted by Gasteiger charge is -2.12. The number of anilines is 2. The number of para-hydroxylation sites is 1. The van der Waals surface area contributed by atoms with Crippen LogP contribution in [-0.4, -0.2) is 16.8 Å². The van der Waals surface area contributed by atoms with E-state index < -0.39 is 0 Å². The van der Waals surface area contributed by atoms with Crippen molar-refractivity contribution in [2.45, 2.75) is 19.8 Å². The number of nitrogens with zero attached hydrogens (tertiary/aromatic N) is 1. The lowest BCUT2D eigenvalue weighted by molar-refractivity contribution is 0.102. The highest BCUT2D eigenvalue weighted by Crippen LogP contribution is 2.19. The van der Waals surface area contributed by atoms with E-state index in [1.54, 1.807) is 60.8 Å². The van der Waals surface area contributed by atoms with Crippen LogP contribution in [0.1, 0.15) is 46.0 Å². The maximum absolute atomic E-state index is 12.6. The van der Waals surface area contributed by atoms with Gasteiger partial charge in [0.1, 0.15) is 5.82 Å². The number of nitrogens with one attached hydrogen (secondary N) is 2. The third-order valence-electron chi connectivity index (χ3n) is 4.17. The summed E-state index contributed by atoms with van der Waals surface area (Å²) in [5, 5.41) is 5.55. The van der Waals surface area contributed by atoms with Gasteiger partial charge in [-0.25, -0.2) is 4.98 Å². The Morgan fingerprint density at radius 3 is 2.19 bits per heavy atom. The standard InChI is InChI=1S/C22H21N3O2/c1-15(2)16-10-12-17(13-11-16)21(26)24-19-8-4-3-7-18(19)22(27)25-20-9-5-6-14-23-20/h3-15H,1-2H3,(H,24,26)(H,23,25,27). The Kier molecular flexibility index (Phi) is 5.61. The van der Waals surface area contributed by atoms with Gasteiger partial charge in [-0.3, -0.25) is 9.59 Å². The van der Waals surface area contributed by atoms with Crippen LogP contribution < -0.4 is 10.6 Å². The highest BCUT2D eigenvalue weighted by molar-refractivity contribution is 6.12. The van der Waals surface area contributed by atoms with Crippen molar-refractivity contribution in [3.8, 4) is 0 Å². The van der Waals surface area contributed by atoms with E-state index in [1.807, 2.05) is 12.1 Å². The van der Waals surface area contributed by atoms with Gasteiger partial charge in [-0.1, -0.05) is 44.2 Å². The molecule has 0 radical (unpaired) electrons. The molecule has 5 heteroatoms. The first kappa shape index (κ1) is 18.3. The van der Waals surface area contributed by atoms with E-state index in [0.29, 0.717) is 28.6 Å². The Labute approximate surface area is 158 Å². The molecule has 0 saturated carbocycles. The fraction of sp³-hybridized carbons (Fsp3) is 0.136. The van der Waals surface area contributed by atoms with Crippen LogP contribution in [0.25, 0.3) is 0 Å². The first-order valence-electron chi connectivity index (χ1n) is 8.77. The van der Waals surface area contributed by atoms with E-state index in [9.17, 15) is 9.59 Å². The molecule has 0 spiro atoms. The summed E-state index contributed by atoms with van der Waals surface area (Å²) in [6, 6.07) is 19.6.